The lowest BCUT2D eigenvalue weighted by atomic mass is 10.0. The number of carbonyl (C=O) groups excluding carboxylic acids is 8. The Balaban J connectivity index is 1.93. The highest BCUT2D eigenvalue weighted by Crippen LogP contribution is 2.31. The SMILES string of the molecule is COc1ccc(NC(=O)[C@H](CCCCN)NC(=O)c2cc(C(=O)N[C@@H](CCCCN)C(=O)Nc3ccc(OC)c(C(=O)N[C@@H](CCCCN)C(N)=O)c3)c(OC)cc2OC)cc1C(=O)N[C@@H](CCCCN)C(N)=O. The number of nitrogens with one attached hydrogen (secondary N) is 6. The number of ether oxygens (including phenoxy) is 4. The van der Waals surface area contributed by atoms with Crippen LogP contribution < -0.4 is 85.3 Å². The lowest BCUT2D eigenvalue weighted by Gasteiger charge is -2.22. The number of unbranched alkanes of at least 4 members (excludes halogenated alkanes) is 4. The van der Waals surface area contributed by atoms with Gasteiger partial charge >= 0.3 is 0 Å². The number of rotatable bonds is 34. The van der Waals surface area contributed by atoms with Gasteiger partial charge in [-0.05, 0) is 146 Å². The fraction of sp³-hybridized carbons (Fsp3) is 0.480. The van der Waals surface area contributed by atoms with Crippen LogP contribution in [0, 0.1) is 0 Å². The molecule has 0 heterocycles. The quantitative estimate of drug-likeness (QED) is 0.0369. The van der Waals surface area contributed by atoms with Crippen LogP contribution in [0.4, 0.5) is 11.4 Å². The van der Waals surface area contributed by atoms with Gasteiger partial charge < -0.3 is 85.3 Å². The van der Waals surface area contributed by atoms with Gasteiger partial charge in [-0.25, -0.2) is 0 Å². The molecule has 0 unspecified atom stereocenters. The zero-order valence-corrected chi connectivity index (χ0v) is 42.6. The summed E-state index contributed by atoms with van der Waals surface area (Å²) < 4.78 is 21.9. The molecule has 24 nitrogen and oxygen atoms in total. The molecule has 8 amide bonds. The predicted molar refractivity (Wildman–Crippen MR) is 278 cm³/mol. The van der Waals surface area contributed by atoms with Gasteiger partial charge in [0.05, 0.1) is 50.7 Å². The van der Waals surface area contributed by atoms with Crippen LogP contribution in [0.1, 0.15) is 118 Å². The van der Waals surface area contributed by atoms with Crippen LogP contribution in [-0.4, -0.2) is 126 Å². The third kappa shape index (κ3) is 18.5. The molecule has 3 aromatic rings. The molecule has 0 spiro atoms. The van der Waals surface area contributed by atoms with E-state index in [4.69, 9.17) is 53.3 Å². The first-order chi connectivity index (χ1) is 35.5. The lowest BCUT2D eigenvalue weighted by molar-refractivity contribution is -0.120. The van der Waals surface area contributed by atoms with Crippen molar-refractivity contribution < 1.29 is 57.3 Å². The third-order valence-electron chi connectivity index (χ3n) is 11.8. The molecule has 0 aliphatic carbocycles. The van der Waals surface area contributed by atoms with Gasteiger partial charge in [0.15, 0.2) is 0 Å². The van der Waals surface area contributed by atoms with E-state index in [1.807, 2.05) is 0 Å². The van der Waals surface area contributed by atoms with Crippen LogP contribution in [-0.2, 0) is 19.2 Å². The van der Waals surface area contributed by atoms with Gasteiger partial charge in [-0.1, -0.05) is 0 Å². The molecule has 3 rings (SSSR count). The van der Waals surface area contributed by atoms with Gasteiger partial charge in [-0.3, -0.25) is 38.4 Å². The van der Waals surface area contributed by atoms with Crippen molar-refractivity contribution in [3.8, 4) is 23.0 Å². The Hall–Kier alpha value is -7.54. The predicted octanol–water partition coefficient (Wildman–Crippen LogP) is 0.879. The van der Waals surface area contributed by atoms with Crippen LogP contribution in [0.5, 0.6) is 23.0 Å². The Labute approximate surface area is 430 Å². The summed E-state index contributed by atoms with van der Waals surface area (Å²) >= 11 is 0. The summed E-state index contributed by atoms with van der Waals surface area (Å²) in [5.41, 5.74) is 33.8. The molecule has 0 saturated carbocycles. The number of methoxy groups -OCH3 is 4. The zero-order valence-electron chi connectivity index (χ0n) is 42.6. The van der Waals surface area contributed by atoms with E-state index in [1.54, 1.807) is 0 Å². The van der Waals surface area contributed by atoms with E-state index >= 15 is 0 Å². The normalized spacial score (nSPS) is 12.4. The van der Waals surface area contributed by atoms with Crippen LogP contribution in [0.2, 0.25) is 0 Å². The first-order valence-corrected chi connectivity index (χ1v) is 24.4. The van der Waals surface area contributed by atoms with E-state index in [0.29, 0.717) is 77.5 Å². The van der Waals surface area contributed by atoms with E-state index in [9.17, 15) is 38.4 Å². The van der Waals surface area contributed by atoms with Gasteiger partial charge in [0, 0.05) is 17.4 Å². The van der Waals surface area contributed by atoms with Gasteiger partial charge in [0.2, 0.25) is 23.6 Å². The highest BCUT2D eigenvalue weighted by Gasteiger charge is 2.30. The number of carbonyl (C=O) groups is 8. The maximum atomic E-state index is 14.2. The van der Waals surface area contributed by atoms with E-state index in [-0.39, 0.29) is 82.3 Å². The molecule has 0 aliphatic rings. The molecule has 74 heavy (non-hydrogen) atoms. The Morgan fingerprint density at radius 3 is 0.959 bits per heavy atom. The highest BCUT2D eigenvalue weighted by molar-refractivity contribution is 6.08. The number of benzene rings is 3. The van der Waals surface area contributed by atoms with Crippen LogP contribution in [0.3, 0.4) is 0 Å². The van der Waals surface area contributed by atoms with Crippen LogP contribution >= 0.6 is 0 Å². The monoisotopic (exact) mass is 1030 g/mol. The topological polar surface area (TPSA) is 402 Å². The Kier molecular flexibility index (Phi) is 26.1. The highest BCUT2D eigenvalue weighted by atomic mass is 16.5. The zero-order chi connectivity index (χ0) is 54.7. The average molecular weight is 1040 g/mol. The van der Waals surface area contributed by atoms with Crippen molar-refractivity contribution in [2.75, 3.05) is 65.3 Å². The minimum Gasteiger partial charge on any atom is -0.496 e. The molecule has 24 heteroatoms. The number of hydrogen-bond acceptors (Lipinski definition) is 16. The maximum absolute atomic E-state index is 14.2. The summed E-state index contributed by atoms with van der Waals surface area (Å²) in [4.78, 5) is 108. The first kappa shape index (κ1) is 60.8. The molecule has 4 atom stereocenters. The Morgan fingerprint density at radius 2 is 0.676 bits per heavy atom. The van der Waals surface area contributed by atoms with E-state index in [1.165, 1.54) is 77.0 Å². The van der Waals surface area contributed by atoms with E-state index < -0.39 is 71.4 Å². The van der Waals surface area contributed by atoms with E-state index in [0.717, 1.165) is 0 Å². The molecule has 3 aromatic carbocycles. The molecule has 0 aromatic heterocycles. The molecule has 0 bridgehead atoms. The van der Waals surface area contributed by atoms with Crippen molar-refractivity contribution in [3.63, 3.8) is 0 Å². The molecular weight excluding hydrogens is 961 g/mol. The van der Waals surface area contributed by atoms with Crippen molar-refractivity contribution >= 4 is 58.6 Å². The number of nitrogens with two attached hydrogens (primary N) is 6. The molecule has 0 radical (unpaired) electrons. The van der Waals surface area contributed by atoms with Crippen molar-refractivity contribution in [2.24, 2.45) is 34.4 Å². The largest absolute Gasteiger partial charge is 0.496 e. The number of primary amides is 2. The summed E-state index contributed by atoms with van der Waals surface area (Å²) in [5.74, 6) is -5.56. The number of amides is 8. The molecule has 18 N–H and O–H groups in total. The molecule has 0 fully saturated rings. The summed E-state index contributed by atoms with van der Waals surface area (Å²) in [6.07, 6.45) is 4.94. The minimum absolute atomic E-state index is 0.00675. The summed E-state index contributed by atoms with van der Waals surface area (Å²) in [7, 11) is 5.30. The first-order valence-electron chi connectivity index (χ1n) is 24.4. The standard InChI is InChI=1S/C50H74N12O12/c1-71-39-19-17-29(25-31(39)45(65)59-35(43(55)63)13-5-9-21-51)57-49(69)37(15-7-11-23-53)61-47(67)33-27-34(42(74-4)28-41(33)73-3)48(68)62-38(16-8-12-24-54)50(70)58-30-18-20-40(72-2)32(26-30)46(66)60-36(44(56)64)14-6-10-22-52/h17-20,25-28,35-38H,5-16,21-24,51-54H2,1-4H3,(H2,55,63)(H2,56,64)(H,57,69)(H,58,70)(H,59,65)(H,60,66)(H,61,67)(H,62,68)/t35-,36-,37-,38-/m0/s1. The lowest BCUT2D eigenvalue weighted by Crippen LogP contribution is -2.45. The average Bonchev–Trinajstić information content (AvgIpc) is 3.38. The summed E-state index contributed by atoms with van der Waals surface area (Å²) in [5, 5.41) is 16.2. The summed E-state index contributed by atoms with van der Waals surface area (Å²) in [6, 6.07) is 6.75. The third-order valence-corrected chi connectivity index (χ3v) is 11.8. The molecule has 0 saturated heterocycles. The molecule has 406 valence electrons. The Morgan fingerprint density at radius 1 is 0.392 bits per heavy atom. The minimum atomic E-state index is -1.19. The maximum Gasteiger partial charge on any atom is 0.255 e. The van der Waals surface area contributed by atoms with Crippen LogP contribution in [0.25, 0.3) is 0 Å². The fourth-order valence-electron chi connectivity index (χ4n) is 7.66. The number of hydrogen-bond donors (Lipinski definition) is 12. The fourth-order valence-corrected chi connectivity index (χ4v) is 7.66. The van der Waals surface area contributed by atoms with Crippen molar-refractivity contribution in [2.45, 2.75) is 101 Å². The van der Waals surface area contributed by atoms with Crippen molar-refractivity contribution in [1.29, 1.82) is 0 Å². The second-order valence-electron chi connectivity index (χ2n) is 17.1. The molecule has 0 aliphatic heterocycles. The van der Waals surface area contributed by atoms with Crippen LogP contribution in [0.15, 0.2) is 48.5 Å². The van der Waals surface area contributed by atoms with Crippen molar-refractivity contribution in [1.82, 2.24) is 21.3 Å². The summed E-state index contributed by atoms with van der Waals surface area (Å²) in [6.45, 7) is 1.41. The molecular formula is C50H74N12O12. The smallest absolute Gasteiger partial charge is 0.255 e. The van der Waals surface area contributed by atoms with Gasteiger partial charge in [0.25, 0.3) is 23.6 Å². The Bertz CT molecular complexity index is 2250. The van der Waals surface area contributed by atoms with Gasteiger partial charge in [0.1, 0.15) is 47.2 Å². The number of anilines is 2. The van der Waals surface area contributed by atoms with Gasteiger partial charge in [-0.2, -0.15) is 0 Å². The second kappa shape index (κ2) is 31.8. The van der Waals surface area contributed by atoms with Gasteiger partial charge in [-0.15, -0.1) is 0 Å². The second-order valence-corrected chi connectivity index (χ2v) is 17.1. The van der Waals surface area contributed by atoms with E-state index in [2.05, 4.69) is 31.9 Å². The van der Waals surface area contributed by atoms with Crippen molar-refractivity contribution in [3.05, 3.63) is 70.8 Å².